The Hall–Kier alpha value is -1.13. The lowest BCUT2D eigenvalue weighted by Gasteiger charge is -2.21. The number of nitrogens with zero attached hydrogens (tertiary/aromatic N) is 2. The summed E-state index contributed by atoms with van der Waals surface area (Å²) in [6, 6.07) is 4.04. The summed E-state index contributed by atoms with van der Waals surface area (Å²) in [4.78, 5) is 6.83. The van der Waals surface area contributed by atoms with Crippen LogP contribution in [0.2, 0.25) is 0 Å². The molecule has 17 heavy (non-hydrogen) atoms. The van der Waals surface area contributed by atoms with Crippen molar-refractivity contribution in [1.29, 1.82) is 0 Å². The third-order valence-corrected chi connectivity index (χ3v) is 3.52. The van der Waals surface area contributed by atoms with E-state index in [1.165, 1.54) is 0 Å². The van der Waals surface area contributed by atoms with Gasteiger partial charge in [0.2, 0.25) is 0 Å². The van der Waals surface area contributed by atoms with E-state index < -0.39 is 0 Å². The topological polar surface area (TPSA) is 62.4 Å². The van der Waals surface area contributed by atoms with E-state index in [4.69, 9.17) is 5.73 Å². The highest BCUT2D eigenvalue weighted by molar-refractivity contribution is 5.48. The molecule has 2 heterocycles. The van der Waals surface area contributed by atoms with Crippen molar-refractivity contribution in [2.24, 2.45) is 11.7 Å². The molecule has 0 aliphatic carbocycles. The highest BCUT2D eigenvalue weighted by atomic mass is 16.3. The van der Waals surface area contributed by atoms with Crippen LogP contribution >= 0.6 is 0 Å². The molecule has 2 rings (SSSR count). The molecule has 1 aromatic rings. The number of aryl methyl sites for hydroxylation is 1. The standard InChI is InChI=1S/C13H21N3O/c1-9-3-4-11(7-14)13(15-9)16-6-5-12(8-16)10(2)17/h3-4,10,12,17H,5-8,14H2,1-2H3. The zero-order valence-electron chi connectivity index (χ0n) is 10.6. The van der Waals surface area contributed by atoms with Crippen LogP contribution in [0.4, 0.5) is 5.82 Å². The zero-order valence-corrected chi connectivity index (χ0v) is 10.6. The monoisotopic (exact) mass is 235 g/mol. The lowest BCUT2D eigenvalue weighted by molar-refractivity contribution is 0.136. The van der Waals surface area contributed by atoms with Gasteiger partial charge in [-0.25, -0.2) is 4.98 Å². The van der Waals surface area contributed by atoms with Crippen molar-refractivity contribution in [3.05, 3.63) is 23.4 Å². The smallest absolute Gasteiger partial charge is 0.133 e. The molecule has 1 saturated heterocycles. The van der Waals surface area contributed by atoms with Gasteiger partial charge in [-0.15, -0.1) is 0 Å². The van der Waals surface area contributed by atoms with Crippen molar-refractivity contribution in [3.8, 4) is 0 Å². The van der Waals surface area contributed by atoms with E-state index in [1.807, 2.05) is 26.0 Å². The number of hydrogen-bond acceptors (Lipinski definition) is 4. The molecule has 0 bridgehead atoms. The molecular weight excluding hydrogens is 214 g/mol. The molecule has 1 aliphatic rings. The van der Waals surface area contributed by atoms with E-state index >= 15 is 0 Å². The van der Waals surface area contributed by atoms with Crippen LogP contribution in [-0.2, 0) is 6.54 Å². The van der Waals surface area contributed by atoms with Crippen LogP contribution in [0.15, 0.2) is 12.1 Å². The molecule has 0 aromatic carbocycles. The van der Waals surface area contributed by atoms with Crippen LogP contribution in [0.3, 0.4) is 0 Å². The third kappa shape index (κ3) is 2.58. The first-order valence-corrected chi connectivity index (χ1v) is 6.21. The lowest BCUT2D eigenvalue weighted by atomic mass is 10.0. The second-order valence-corrected chi connectivity index (χ2v) is 4.87. The normalized spacial score (nSPS) is 21.9. The fourth-order valence-electron chi connectivity index (χ4n) is 2.38. The van der Waals surface area contributed by atoms with Crippen molar-refractivity contribution < 1.29 is 5.11 Å². The number of pyridine rings is 1. The van der Waals surface area contributed by atoms with Gasteiger partial charge < -0.3 is 15.7 Å². The van der Waals surface area contributed by atoms with Crippen LogP contribution in [0.1, 0.15) is 24.6 Å². The van der Waals surface area contributed by atoms with E-state index in [2.05, 4.69) is 9.88 Å². The first kappa shape index (κ1) is 12.3. The Bertz CT molecular complexity index is 392. The number of hydrogen-bond donors (Lipinski definition) is 2. The van der Waals surface area contributed by atoms with Crippen molar-refractivity contribution in [3.63, 3.8) is 0 Å². The Labute approximate surface area is 102 Å². The summed E-state index contributed by atoms with van der Waals surface area (Å²) in [5.41, 5.74) is 7.84. The Morgan fingerprint density at radius 1 is 1.59 bits per heavy atom. The summed E-state index contributed by atoms with van der Waals surface area (Å²) in [7, 11) is 0. The summed E-state index contributed by atoms with van der Waals surface area (Å²) < 4.78 is 0. The summed E-state index contributed by atoms with van der Waals surface area (Å²) in [5.74, 6) is 1.35. The number of anilines is 1. The van der Waals surface area contributed by atoms with Gasteiger partial charge >= 0.3 is 0 Å². The van der Waals surface area contributed by atoms with Crippen LogP contribution in [0.25, 0.3) is 0 Å². The fourth-order valence-corrected chi connectivity index (χ4v) is 2.38. The van der Waals surface area contributed by atoms with Crippen LogP contribution < -0.4 is 10.6 Å². The minimum Gasteiger partial charge on any atom is -0.393 e. The van der Waals surface area contributed by atoms with E-state index in [1.54, 1.807) is 0 Å². The largest absolute Gasteiger partial charge is 0.393 e. The quantitative estimate of drug-likeness (QED) is 0.822. The minimum absolute atomic E-state index is 0.244. The van der Waals surface area contributed by atoms with Gasteiger partial charge in [-0.1, -0.05) is 6.07 Å². The van der Waals surface area contributed by atoms with Crippen molar-refractivity contribution in [1.82, 2.24) is 4.98 Å². The van der Waals surface area contributed by atoms with E-state index in [9.17, 15) is 5.11 Å². The summed E-state index contributed by atoms with van der Waals surface area (Å²) in [6.07, 6.45) is 0.781. The number of aliphatic hydroxyl groups is 1. The van der Waals surface area contributed by atoms with Gasteiger partial charge in [0, 0.05) is 36.8 Å². The average molecular weight is 235 g/mol. The number of nitrogens with two attached hydrogens (primary N) is 1. The Balaban J connectivity index is 2.20. The Morgan fingerprint density at radius 2 is 2.35 bits per heavy atom. The second kappa shape index (κ2) is 5.02. The summed E-state index contributed by atoms with van der Waals surface area (Å²) >= 11 is 0. The number of rotatable bonds is 3. The maximum Gasteiger partial charge on any atom is 0.133 e. The lowest BCUT2D eigenvalue weighted by Crippen LogP contribution is -2.26. The van der Waals surface area contributed by atoms with E-state index in [0.717, 1.165) is 36.6 Å². The number of aliphatic hydroxyl groups excluding tert-OH is 1. The molecule has 0 spiro atoms. The molecule has 0 saturated carbocycles. The van der Waals surface area contributed by atoms with Gasteiger partial charge in [-0.2, -0.15) is 0 Å². The van der Waals surface area contributed by atoms with Crippen LogP contribution in [0.5, 0.6) is 0 Å². The maximum atomic E-state index is 9.63. The molecule has 0 radical (unpaired) electrons. The fraction of sp³-hybridized carbons (Fsp3) is 0.615. The van der Waals surface area contributed by atoms with Gasteiger partial charge in [0.25, 0.3) is 0 Å². The van der Waals surface area contributed by atoms with Gasteiger partial charge in [0.15, 0.2) is 0 Å². The van der Waals surface area contributed by atoms with Crippen molar-refractivity contribution in [2.45, 2.75) is 32.9 Å². The maximum absolute atomic E-state index is 9.63. The van der Waals surface area contributed by atoms with Crippen molar-refractivity contribution >= 4 is 5.82 Å². The first-order valence-electron chi connectivity index (χ1n) is 6.21. The van der Waals surface area contributed by atoms with Gasteiger partial charge in [-0.05, 0) is 26.3 Å². The van der Waals surface area contributed by atoms with Gasteiger partial charge in [-0.3, -0.25) is 0 Å². The van der Waals surface area contributed by atoms with Gasteiger partial charge in [0.1, 0.15) is 5.82 Å². The molecular formula is C13H21N3O. The molecule has 3 N–H and O–H groups in total. The van der Waals surface area contributed by atoms with Crippen LogP contribution in [-0.4, -0.2) is 29.3 Å². The highest BCUT2D eigenvalue weighted by Crippen LogP contribution is 2.27. The molecule has 2 atom stereocenters. The van der Waals surface area contributed by atoms with Crippen molar-refractivity contribution in [2.75, 3.05) is 18.0 Å². The minimum atomic E-state index is -0.244. The first-order chi connectivity index (χ1) is 8.11. The second-order valence-electron chi connectivity index (χ2n) is 4.87. The van der Waals surface area contributed by atoms with E-state index in [0.29, 0.717) is 12.5 Å². The van der Waals surface area contributed by atoms with Gasteiger partial charge in [0.05, 0.1) is 6.10 Å². The molecule has 4 heteroatoms. The molecule has 1 aliphatic heterocycles. The summed E-state index contributed by atoms with van der Waals surface area (Å²) in [6.45, 7) is 6.20. The predicted octanol–water partition coefficient (Wildman–Crippen LogP) is 1.06. The molecule has 4 nitrogen and oxygen atoms in total. The summed E-state index contributed by atoms with van der Waals surface area (Å²) in [5, 5.41) is 9.63. The average Bonchev–Trinajstić information content (AvgIpc) is 2.78. The Kier molecular flexibility index (Phi) is 3.64. The molecule has 1 aromatic heterocycles. The number of aromatic nitrogens is 1. The zero-order chi connectivity index (χ0) is 12.4. The highest BCUT2D eigenvalue weighted by Gasteiger charge is 2.27. The van der Waals surface area contributed by atoms with E-state index in [-0.39, 0.29) is 6.10 Å². The third-order valence-electron chi connectivity index (χ3n) is 3.52. The Morgan fingerprint density at radius 3 is 2.94 bits per heavy atom. The molecule has 2 unspecified atom stereocenters. The van der Waals surface area contributed by atoms with Crippen LogP contribution in [0, 0.1) is 12.8 Å². The predicted molar refractivity (Wildman–Crippen MR) is 68.9 cm³/mol. The molecule has 94 valence electrons. The molecule has 1 fully saturated rings. The molecule has 0 amide bonds. The SMILES string of the molecule is Cc1ccc(CN)c(N2CCC(C(C)O)C2)n1.